The van der Waals surface area contributed by atoms with Crippen LogP contribution in [0.25, 0.3) is 21.8 Å². The molecule has 7 aromatic rings. The van der Waals surface area contributed by atoms with Crippen molar-refractivity contribution >= 4 is 66.3 Å². The number of rotatable bonds is 7. The van der Waals surface area contributed by atoms with E-state index in [-0.39, 0.29) is 16.9 Å². The van der Waals surface area contributed by atoms with Crippen molar-refractivity contribution in [1.82, 2.24) is 4.57 Å². The highest BCUT2D eigenvalue weighted by Crippen LogP contribution is 2.37. The molecule has 0 fully saturated rings. The van der Waals surface area contributed by atoms with Crippen LogP contribution < -0.4 is 5.43 Å². The summed E-state index contributed by atoms with van der Waals surface area (Å²) in [6, 6.07) is 45.8. The second-order valence-electron chi connectivity index (χ2n) is 11.4. The molecule has 0 atom stereocenters. The molecular formula is C39H28F3NO6S4. The minimum Gasteiger partial charge on any atom is -0.741 e. The van der Waals surface area contributed by atoms with Crippen molar-refractivity contribution in [2.45, 2.75) is 39.8 Å². The van der Waals surface area contributed by atoms with Crippen LogP contribution in [-0.4, -0.2) is 33.3 Å². The predicted octanol–water partition coefficient (Wildman–Crippen LogP) is 9.55. The zero-order valence-corrected chi connectivity index (χ0v) is 30.8. The molecule has 0 spiro atoms. The number of nitrogens with zero attached hydrogens (tertiary/aromatic N) is 1. The third-order valence-corrected chi connectivity index (χ3v) is 12.7. The van der Waals surface area contributed by atoms with Crippen LogP contribution in [0, 0.1) is 0 Å². The first-order valence-electron chi connectivity index (χ1n) is 15.6. The Morgan fingerprint density at radius 1 is 0.604 bits per heavy atom. The number of phenolic OH excluding ortho intramolecular Hbond substituents is 2. The molecule has 53 heavy (non-hydrogen) atoms. The largest absolute Gasteiger partial charge is 0.741 e. The second kappa shape index (κ2) is 15.6. The Kier molecular flexibility index (Phi) is 11.2. The molecule has 0 bridgehead atoms. The highest BCUT2D eigenvalue weighted by atomic mass is 32.2. The van der Waals surface area contributed by atoms with E-state index in [2.05, 4.69) is 71.3 Å². The maximum atomic E-state index is 13.7. The second-order valence-corrected chi connectivity index (χ2v) is 17.1. The first-order chi connectivity index (χ1) is 25.2. The molecule has 2 N–H and O–H groups in total. The first kappa shape index (κ1) is 37.9. The third-order valence-electron chi connectivity index (χ3n) is 7.87. The van der Waals surface area contributed by atoms with Gasteiger partial charge in [0.2, 0.25) is 0 Å². The molecule has 1 heterocycles. The number of hydrogen-bond donors (Lipinski definition) is 2. The van der Waals surface area contributed by atoms with Crippen molar-refractivity contribution in [3.63, 3.8) is 0 Å². The fourth-order valence-electron chi connectivity index (χ4n) is 5.35. The number of aromatic hydroxyl groups is 2. The Morgan fingerprint density at radius 3 is 1.42 bits per heavy atom. The van der Waals surface area contributed by atoms with Gasteiger partial charge < -0.3 is 19.3 Å². The number of fused-ring (bicyclic) bond motifs is 2. The normalized spacial score (nSPS) is 11.8. The zero-order chi connectivity index (χ0) is 37.9. The Morgan fingerprint density at radius 2 is 0.981 bits per heavy atom. The molecule has 6 aromatic carbocycles. The van der Waals surface area contributed by atoms with Gasteiger partial charge in [0.05, 0.1) is 27.3 Å². The molecule has 0 unspecified atom stereocenters. The van der Waals surface area contributed by atoms with Gasteiger partial charge in [-0.05, 0) is 121 Å². The lowest BCUT2D eigenvalue weighted by molar-refractivity contribution is -0.0517. The molecule has 7 rings (SSSR count). The third kappa shape index (κ3) is 8.86. The maximum Gasteiger partial charge on any atom is 0.485 e. The van der Waals surface area contributed by atoms with E-state index in [9.17, 15) is 28.2 Å². The summed E-state index contributed by atoms with van der Waals surface area (Å²) in [6.45, 7) is 0. The lowest BCUT2D eigenvalue weighted by atomic mass is 10.1. The molecule has 0 saturated heterocycles. The van der Waals surface area contributed by atoms with Crippen molar-refractivity contribution in [1.29, 1.82) is 0 Å². The lowest BCUT2D eigenvalue weighted by Crippen LogP contribution is -2.21. The molecule has 0 aliphatic carbocycles. The Labute approximate surface area is 313 Å². The number of aryl methyl sites for hydroxylation is 1. The number of benzene rings is 6. The standard InChI is InChI=1S/C38H27NO3S3.CHF3O3S/c1-39-36-5-3-2-4-34(36)38(42)35-24-33(22-23-37(35)39)45(31-18-14-29(15-19-31)43-27-10-6-25(40)7-11-27)32-20-16-30(17-21-32)44-28-12-8-26(41)9-13-28;2-1(3,4)8(5,6)7/h2-24H,1H3,(H-,40,41);(H,5,6,7). The number of para-hydroxylation sites is 1. The molecule has 270 valence electrons. The van der Waals surface area contributed by atoms with Crippen LogP contribution in [0.15, 0.2) is 179 Å². The van der Waals surface area contributed by atoms with Gasteiger partial charge in [-0.2, -0.15) is 13.2 Å². The van der Waals surface area contributed by atoms with Gasteiger partial charge in [-0.25, -0.2) is 8.42 Å². The van der Waals surface area contributed by atoms with Crippen LogP contribution >= 0.6 is 23.5 Å². The Hall–Kier alpha value is -4.86. The first-order valence-corrected chi connectivity index (χ1v) is 19.9. The Balaban J connectivity index is 0.000000541. The molecule has 0 aliphatic heterocycles. The maximum absolute atomic E-state index is 13.7. The molecule has 0 saturated carbocycles. The molecule has 14 heteroatoms. The van der Waals surface area contributed by atoms with Gasteiger partial charge in [0, 0.05) is 38.1 Å². The average molecular weight is 792 g/mol. The van der Waals surface area contributed by atoms with E-state index in [1.807, 2.05) is 55.6 Å². The molecule has 7 nitrogen and oxygen atoms in total. The van der Waals surface area contributed by atoms with E-state index in [0.717, 1.165) is 50.7 Å². The molecule has 0 aliphatic rings. The van der Waals surface area contributed by atoms with E-state index >= 15 is 0 Å². The van der Waals surface area contributed by atoms with Crippen LogP contribution in [-0.2, 0) is 28.1 Å². The number of hydrogen-bond acceptors (Lipinski definition) is 8. The quantitative estimate of drug-likeness (QED) is 0.0710. The van der Waals surface area contributed by atoms with Crippen molar-refractivity contribution in [2.24, 2.45) is 7.05 Å². The summed E-state index contributed by atoms with van der Waals surface area (Å²) in [5.74, 6) is 0.508. The number of aromatic nitrogens is 1. The number of phenols is 2. The summed E-state index contributed by atoms with van der Waals surface area (Å²) in [5, 5.41) is 20.7. The summed E-state index contributed by atoms with van der Waals surface area (Å²) in [4.78, 5) is 21.4. The number of halogens is 3. The van der Waals surface area contributed by atoms with Crippen molar-refractivity contribution in [3.8, 4) is 11.5 Å². The average Bonchev–Trinajstić information content (AvgIpc) is 3.13. The fraction of sp³-hybridized carbons (Fsp3) is 0.0513. The summed E-state index contributed by atoms with van der Waals surface area (Å²) in [7, 11) is -4.55. The molecule has 0 radical (unpaired) electrons. The van der Waals surface area contributed by atoms with E-state index < -0.39 is 26.5 Å². The minimum atomic E-state index is -6.09. The van der Waals surface area contributed by atoms with Gasteiger partial charge in [-0.3, -0.25) is 4.79 Å². The van der Waals surface area contributed by atoms with Gasteiger partial charge in [0.15, 0.2) is 30.2 Å². The number of pyridine rings is 1. The minimum absolute atomic E-state index is 0.0467. The van der Waals surface area contributed by atoms with Crippen molar-refractivity contribution < 1.29 is 36.4 Å². The van der Waals surface area contributed by atoms with Crippen LogP contribution in [0.1, 0.15) is 0 Å². The van der Waals surface area contributed by atoms with Gasteiger partial charge in [0.25, 0.3) is 0 Å². The summed E-state index contributed by atoms with van der Waals surface area (Å²) < 4.78 is 61.0. The smallest absolute Gasteiger partial charge is 0.485 e. The van der Waals surface area contributed by atoms with Crippen LogP contribution in [0.3, 0.4) is 0 Å². The van der Waals surface area contributed by atoms with E-state index in [4.69, 9.17) is 13.0 Å². The highest BCUT2D eigenvalue weighted by molar-refractivity contribution is 7.99. The van der Waals surface area contributed by atoms with E-state index in [1.165, 1.54) is 0 Å². The van der Waals surface area contributed by atoms with Crippen molar-refractivity contribution in [2.75, 3.05) is 0 Å². The SMILES string of the molecule is Cn1c2ccccc2c(=O)c2cc([S+](c3ccc(Sc4ccc(O)cc4)cc3)c3ccc(Sc4ccc(O)cc4)cc3)ccc21.O=S(=O)([O-])C(F)(F)F. The van der Waals surface area contributed by atoms with E-state index in [1.54, 1.807) is 47.8 Å². The van der Waals surface area contributed by atoms with Crippen molar-refractivity contribution in [3.05, 3.63) is 150 Å². The van der Waals surface area contributed by atoms with Gasteiger partial charge in [0.1, 0.15) is 11.5 Å². The Bertz CT molecular complexity index is 2470. The zero-order valence-electron chi connectivity index (χ0n) is 27.5. The summed E-state index contributed by atoms with van der Waals surface area (Å²) in [6.07, 6.45) is 0. The predicted molar refractivity (Wildman–Crippen MR) is 202 cm³/mol. The monoisotopic (exact) mass is 791 g/mol. The van der Waals surface area contributed by atoms with Gasteiger partial charge in [-0.1, -0.05) is 35.7 Å². The fourth-order valence-corrected chi connectivity index (χ4v) is 9.05. The molecular weight excluding hydrogens is 764 g/mol. The van der Waals surface area contributed by atoms with Crippen LogP contribution in [0.4, 0.5) is 13.2 Å². The highest BCUT2D eigenvalue weighted by Gasteiger charge is 2.37. The summed E-state index contributed by atoms with van der Waals surface area (Å²) >= 11 is 3.30. The molecule has 1 aromatic heterocycles. The van der Waals surface area contributed by atoms with Gasteiger partial charge in [-0.15, -0.1) is 0 Å². The van der Waals surface area contributed by atoms with E-state index in [0.29, 0.717) is 5.39 Å². The topological polar surface area (TPSA) is 120 Å². The lowest BCUT2D eigenvalue weighted by Gasteiger charge is -2.13. The van der Waals surface area contributed by atoms with Gasteiger partial charge >= 0.3 is 5.51 Å². The number of alkyl halides is 3. The summed E-state index contributed by atoms with van der Waals surface area (Å²) in [5.41, 5.74) is -3.77. The van der Waals surface area contributed by atoms with Crippen LogP contribution in [0.2, 0.25) is 0 Å². The molecule has 0 amide bonds. The van der Waals surface area contributed by atoms with Crippen LogP contribution in [0.5, 0.6) is 11.5 Å².